The van der Waals surface area contributed by atoms with Crippen LogP contribution in [0.25, 0.3) is 0 Å². The molecule has 0 heterocycles. The lowest BCUT2D eigenvalue weighted by atomic mass is 9.82. The van der Waals surface area contributed by atoms with Crippen LogP contribution in [0.15, 0.2) is 48.6 Å². The maximum Gasteiger partial charge on any atom is 0.573 e. The van der Waals surface area contributed by atoms with Crippen LogP contribution in [0.1, 0.15) is 25.7 Å². The Morgan fingerprint density at radius 2 is 1.69 bits per heavy atom. The van der Waals surface area contributed by atoms with Crippen LogP contribution < -0.4 is 9.47 Å². The zero-order valence-corrected chi connectivity index (χ0v) is 13.9. The van der Waals surface area contributed by atoms with E-state index >= 15 is 0 Å². The van der Waals surface area contributed by atoms with Gasteiger partial charge in [-0.2, -0.15) is 5.26 Å². The molecule has 138 valence electrons. The lowest BCUT2D eigenvalue weighted by Gasteiger charge is -2.25. The highest BCUT2D eigenvalue weighted by molar-refractivity contribution is 5.75. The van der Waals surface area contributed by atoms with Gasteiger partial charge in [0.15, 0.2) is 0 Å². The number of hydrogen-bond donors (Lipinski definition) is 0. The molecule has 0 spiro atoms. The molecule has 0 radical (unpaired) electrons. The molecule has 1 saturated carbocycles. The van der Waals surface area contributed by atoms with Gasteiger partial charge in [-0.25, -0.2) is 0 Å². The van der Waals surface area contributed by atoms with Crippen LogP contribution in [0, 0.1) is 23.2 Å². The number of carbonyl (C=O) groups excluding carboxylic acids is 1. The van der Waals surface area contributed by atoms with Crippen molar-refractivity contribution < 1.29 is 27.4 Å². The number of allylic oxidation sites excluding steroid dienone is 4. The minimum atomic E-state index is -4.75. The number of hydrogen-bond acceptors (Lipinski definition) is 4. The van der Waals surface area contributed by atoms with Crippen molar-refractivity contribution in [3.8, 4) is 17.6 Å². The molecule has 1 aliphatic carbocycles. The fourth-order valence-electron chi connectivity index (χ4n) is 2.78. The number of benzene rings is 1. The van der Waals surface area contributed by atoms with Crippen LogP contribution in [-0.2, 0) is 4.79 Å². The van der Waals surface area contributed by atoms with Gasteiger partial charge in [0.2, 0.25) is 0 Å². The molecule has 0 unspecified atom stereocenters. The molecule has 0 saturated heterocycles. The van der Waals surface area contributed by atoms with Crippen LogP contribution >= 0.6 is 0 Å². The van der Waals surface area contributed by atoms with Gasteiger partial charge in [-0.1, -0.05) is 18.2 Å². The summed E-state index contributed by atoms with van der Waals surface area (Å²) in [4.78, 5) is 12.2. The van der Waals surface area contributed by atoms with E-state index in [1.807, 2.05) is 18.2 Å². The van der Waals surface area contributed by atoms with Crippen molar-refractivity contribution >= 4 is 5.97 Å². The Hall–Kier alpha value is -2.75. The van der Waals surface area contributed by atoms with Crippen molar-refractivity contribution in [1.82, 2.24) is 0 Å². The van der Waals surface area contributed by atoms with Crippen LogP contribution in [0.2, 0.25) is 0 Å². The van der Waals surface area contributed by atoms with Crippen LogP contribution in [0.3, 0.4) is 0 Å². The van der Waals surface area contributed by atoms with E-state index in [1.165, 1.54) is 18.2 Å². The second-order valence-electron chi connectivity index (χ2n) is 5.93. The van der Waals surface area contributed by atoms with Crippen molar-refractivity contribution in [1.29, 1.82) is 5.26 Å². The zero-order chi connectivity index (χ0) is 19.0. The van der Waals surface area contributed by atoms with E-state index < -0.39 is 6.36 Å². The summed E-state index contributed by atoms with van der Waals surface area (Å²) in [6.07, 6.45) is 5.22. The Kier molecular flexibility index (Phi) is 6.84. The molecule has 26 heavy (non-hydrogen) atoms. The number of esters is 1. The SMILES string of the molecule is N#CC=CC=CC1CCC(C(=O)Oc2ccc(OC(F)(F)F)cc2)CC1. The Labute approximate surface area is 149 Å². The first kappa shape index (κ1) is 19.6. The molecule has 0 aliphatic heterocycles. The van der Waals surface area contributed by atoms with Gasteiger partial charge in [0.25, 0.3) is 0 Å². The molecular formula is C19H18F3NO3. The van der Waals surface area contributed by atoms with Gasteiger partial charge < -0.3 is 9.47 Å². The Morgan fingerprint density at radius 1 is 1.08 bits per heavy atom. The summed E-state index contributed by atoms with van der Waals surface area (Å²) >= 11 is 0. The Morgan fingerprint density at radius 3 is 2.27 bits per heavy atom. The van der Waals surface area contributed by atoms with Crippen molar-refractivity contribution in [3.63, 3.8) is 0 Å². The third kappa shape index (κ3) is 6.63. The number of alkyl halides is 3. The van der Waals surface area contributed by atoms with E-state index in [-0.39, 0.29) is 23.4 Å². The third-order valence-electron chi connectivity index (χ3n) is 4.05. The summed E-state index contributed by atoms with van der Waals surface area (Å²) in [5.74, 6) is -0.411. The number of carbonyl (C=O) groups is 1. The second-order valence-corrected chi connectivity index (χ2v) is 5.93. The number of nitrogens with zero attached hydrogens (tertiary/aromatic N) is 1. The maximum absolute atomic E-state index is 12.2. The van der Waals surface area contributed by atoms with Crippen molar-refractivity contribution in [2.45, 2.75) is 32.0 Å². The predicted octanol–water partition coefficient (Wildman–Crippen LogP) is 4.93. The van der Waals surface area contributed by atoms with E-state index in [4.69, 9.17) is 10.00 Å². The molecule has 0 atom stereocenters. The second kappa shape index (κ2) is 9.09. The highest BCUT2D eigenvalue weighted by atomic mass is 19.4. The van der Waals surface area contributed by atoms with Crippen LogP contribution in [0.4, 0.5) is 13.2 Å². The highest BCUT2D eigenvalue weighted by Crippen LogP contribution is 2.31. The molecule has 0 amide bonds. The molecule has 1 aromatic rings. The van der Waals surface area contributed by atoms with E-state index in [0.717, 1.165) is 25.0 Å². The Balaban J connectivity index is 1.81. The summed E-state index contributed by atoms with van der Waals surface area (Å²) < 4.78 is 45.4. The van der Waals surface area contributed by atoms with Crippen molar-refractivity contribution in [2.75, 3.05) is 0 Å². The monoisotopic (exact) mass is 365 g/mol. The topological polar surface area (TPSA) is 59.3 Å². The minimum Gasteiger partial charge on any atom is -0.426 e. The standard InChI is InChI=1S/C19H18F3NO3/c20-19(21,22)26-17-11-9-16(10-12-17)25-18(24)15-7-5-14(6-8-15)4-2-1-3-13-23/h1-4,9-12,14-15H,5-8H2. The number of halogens is 3. The van der Waals surface area contributed by atoms with Crippen LogP contribution in [-0.4, -0.2) is 12.3 Å². The molecule has 0 aromatic heterocycles. The smallest absolute Gasteiger partial charge is 0.426 e. The zero-order valence-electron chi connectivity index (χ0n) is 13.9. The average Bonchev–Trinajstić information content (AvgIpc) is 2.60. The molecule has 0 bridgehead atoms. The lowest BCUT2D eigenvalue weighted by Crippen LogP contribution is -2.25. The largest absolute Gasteiger partial charge is 0.573 e. The molecule has 0 N–H and O–H groups in total. The van der Waals surface area contributed by atoms with Crippen LogP contribution in [0.5, 0.6) is 11.5 Å². The van der Waals surface area contributed by atoms with Gasteiger partial charge in [0.05, 0.1) is 12.0 Å². The summed E-state index contributed by atoms with van der Waals surface area (Å²) in [6.45, 7) is 0. The normalized spacial score (nSPS) is 20.8. The van der Waals surface area contributed by atoms with Crippen molar-refractivity contribution in [2.24, 2.45) is 11.8 Å². The lowest BCUT2D eigenvalue weighted by molar-refractivity contribution is -0.274. The van der Waals surface area contributed by atoms with Gasteiger partial charge in [-0.05, 0) is 55.9 Å². The first-order valence-corrected chi connectivity index (χ1v) is 8.18. The maximum atomic E-state index is 12.2. The van der Waals surface area contributed by atoms with E-state index in [0.29, 0.717) is 18.8 Å². The fourth-order valence-corrected chi connectivity index (χ4v) is 2.78. The quantitative estimate of drug-likeness (QED) is 0.321. The summed E-state index contributed by atoms with van der Waals surface area (Å²) in [5, 5.41) is 8.41. The predicted molar refractivity (Wildman–Crippen MR) is 88.1 cm³/mol. The molecule has 1 aliphatic rings. The van der Waals surface area contributed by atoms with Gasteiger partial charge in [0.1, 0.15) is 11.5 Å². The van der Waals surface area contributed by atoms with Gasteiger partial charge in [-0.3, -0.25) is 4.79 Å². The molecule has 1 fully saturated rings. The van der Waals surface area contributed by atoms with E-state index in [2.05, 4.69) is 4.74 Å². The molecule has 1 aromatic carbocycles. The van der Waals surface area contributed by atoms with Gasteiger partial charge in [0, 0.05) is 6.08 Å². The van der Waals surface area contributed by atoms with E-state index in [1.54, 1.807) is 6.08 Å². The molecule has 7 heteroatoms. The fraction of sp³-hybridized carbons (Fsp3) is 0.368. The Bertz CT molecular complexity index is 694. The van der Waals surface area contributed by atoms with Crippen molar-refractivity contribution in [3.05, 3.63) is 48.6 Å². The molecule has 2 rings (SSSR count). The number of ether oxygens (including phenoxy) is 2. The van der Waals surface area contributed by atoms with Gasteiger partial charge >= 0.3 is 12.3 Å². The number of rotatable bonds is 5. The molecule has 4 nitrogen and oxygen atoms in total. The summed E-state index contributed by atoms with van der Waals surface area (Å²) in [5.41, 5.74) is 0. The first-order chi connectivity index (χ1) is 12.4. The average molecular weight is 365 g/mol. The summed E-state index contributed by atoms with van der Waals surface area (Å²) in [6, 6.07) is 6.66. The molecular weight excluding hydrogens is 347 g/mol. The number of nitriles is 1. The summed E-state index contributed by atoms with van der Waals surface area (Å²) in [7, 11) is 0. The third-order valence-corrected chi connectivity index (χ3v) is 4.05. The van der Waals surface area contributed by atoms with Gasteiger partial charge in [-0.15, -0.1) is 13.2 Å². The minimum absolute atomic E-state index is 0.188. The highest BCUT2D eigenvalue weighted by Gasteiger charge is 2.31. The first-order valence-electron chi connectivity index (χ1n) is 8.18. The van der Waals surface area contributed by atoms with E-state index in [9.17, 15) is 18.0 Å².